The van der Waals surface area contributed by atoms with Gasteiger partial charge in [0.15, 0.2) is 0 Å². The Morgan fingerprint density at radius 3 is 2.48 bits per heavy atom. The number of amides is 2. The first-order valence-corrected chi connectivity index (χ1v) is 13.4. The number of alkyl halides is 3. The van der Waals surface area contributed by atoms with Gasteiger partial charge in [0, 0.05) is 42.4 Å². The summed E-state index contributed by atoms with van der Waals surface area (Å²) < 4.78 is 40.6. The van der Waals surface area contributed by atoms with Crippen LogP contribution < -0.4 is 5.56 Å². The van der Waals surface area contributed by atoms with Crippen LogP contribution in [0.3, 0.4) is 0 Å². The predicted molar refractivity (Wildman–Crippen MR) is 143 cm³/mol. The molecule has 3 atom stereocenters. The number of fused-ring (bicyclic) bond motifs is 3. The number of halogens is 5. The molecule has 0 spiro atoms. The molecule has 0 unspecified atom stereocenters. The number of nitrogens with zero attached hydrogens (tertiary/aromatic N) is 5. The molecule has 2 aliphatic heterocycles. The number of pyridine rings is 1. The molecule has 1 aromatic carbocycles. The SMILES string of the molecule is C[C@@H]1Cc2nn3c(c2CN1C(=O)c1ccc(Cl)c(Cl)c1)C(=O)N([C@@H](C)c1ccn(CC(F)(F)F)c(=O)c1)C[C@H]3C. The zero-order chi connectivity index (χ0) is 29.1. The summed E-state index contributed by atoms with van der Waals surface area (Å²) in [6, 6.07) is 6.26. The molecule has 0 bridgehead atoms. The van der Waals surface area contributed by atoms with Crippen molar-refractivity contribution in [3.05, 3.63) is 85.0 Å². The lowest BCUT2D eigenvalue weighted by atomic mass is 9.96. The van der Waals surface area contributed by atoms with E-state index in [1.54, 1.807) is 33.5 Å². The first-order chi connectivity index (χ1) is 18.7. The predicted octanol–water partition coefficient (Wildman–Crippen LogP) is 5.28. The number of carbonyl (C=O) groups is 2. The summed E-state index contributed by atoms with van der Waals surface area (Å²) in [4.78, 5) is 42.9. The molecule has 4 heterocycles. The van der Waals surface area contributed by atoms with Crippen LogP contribution in [0.15, 0.2) is 41.3 Å². The third-order valence-electron chi connectivity index (χ3n) is 7.53. The fourth-order valence-electron chi connectivity index (χ4n) is 5.38. The molecule has 40 heavy (non-hydrogen) atoms. The first kappa shape index (κ1) is 28.2. The Morgan fingerprint density at radius 1 is 1.10 bits per heavy atom. The molecule has 0 fully saturated rings. The fraction of sp³-hybridized carbons (Fsp3) is 0.407. The van der Waals surface area contributed by atoms with Crippen LogP contribution in [-0.4, -0.2) is 54.7 Å². The number of carbonyl (C=O) groups excluding carboxylic acids is 2. The van der Waals surface area contributed by atoms with Gasteiger partial charge in [-0.2, -0.15) is 18.3 Å². The van der Waals surface area contributed by atoms with E-state index >= 15 is 0 Å². The zero-order valence-corrected chi connectivity index (χ0v) is 23.4. The minimum absolute atomic E-state index is 0.166. The molecule has 5 rings (SSSR count). The maximum absolute atomic E-state index is 13.9. The van der Waals surface area contributed by atoms with Crippen LogP contribution >= 0.6 is 23.2 Å². The lowest BCUT2D eigenvalue weighted by Gasteiger charge is -2.37. The van der Waals surface area contributed by atoms with Gasteiger partial charge < -0.3 is 14.4 Å². The standard InChI is InChI=1S/C27H26Cl2F3N5O3/c1-14-8-22-19(12-35(14)25(39)18-4-5-20(28)21(29)9-18)24-26(40)36(11-15(2)37(24)33-22)16(3)17-6-7-34(23(38)10-17)13-27(30,31)32/h4-7,9-10,14-16H,8,11-13H2,1-3H3/t14-,15-,16+/m1/s1. The van der Waals surface area contributed by atoms with Gasteiger partial charge in [0.25, 0.3) is 17.4 Å². The number of benzene rings is 1. The lowest BCUT2D eigenvalue weighted by Crippen LogP contribution is -2.45. The van der Waals surface area contributed by atoms with Gasteiger partial charge in [0.1, 0.15) is 12.2 Å². The minimum Gasteiger partial charge on any atom is -0.331 e. The van der Waals surface area contributed by atoms with Crippen molar-refractivity contribution in [2.45, 2.75) is 64.6 Å². The van der Waals surface area contributed by atoms with E-state index in [0.29, 0.717) is 44.9 Å². The summed E-state index contributed by atoms with van der Waals surface area (Å²) in [7, 11) is 0. The summed E-state index contributed by atoms with van der Waals surface area (Å²) in [6.45, 7) is 4.63. The zero-order valence-electron chi connectivity index (χ0n) is 21.9. The maximum atomic E-state index is 13.9. The van der Waals surface area contributed by atoms with Gasteiger partial charge in [-0.1, -0.05) is 23.2 Å². The van der Waals surface area contributed by atoms with Gasteiger partial charge >= 0.3 is 6.18 Å². The van der Waals surface area contributed by atoms with Crippen LogP contribution in [-0.2, 0) is 19.5 Å². The molecule has 2 amide bonds. The Kier molecular flexibility index (Phi) is 7.24. The highest BCUT2D eigenvalue weighted by atomic mass is 35.5. The molecule has 0 saturated carbocycles. The minimum atomic E-state index is -4.53. The summed E-state index contributed by atoms with van der Waals surface area (Å²) >= 11 is 12.1. The molecule has 2 aliphatic rings. The molecule has 0 saturated heterocycles. The van der Waals surface area contributed by atoms with Crippen LogP contribution in [0.2, 0.25) is 10.0 Å². The third kappa shape index (κ3) is 5.12. The Balaban J connectivity index is 1.44. The second-order valence-corrected chi connectivity index (χ2v) is 11.2. The van der Waals surface area contributed by atoms with Gasteiger partial charge in [-0.25, -0.2) is 0 Å². The van der Waals surface area contributed by atoms with E-state index < -0.39 is 24.3 Å². The van der Waals surface area contributed by atoms with E-state index in [1.165, 1.54) is 12.1 Å². The van der Waals surface area contributed by atoms with E-state index in [4.69, 9.17) is 28.3 Å². The third-order valence-corrected chi connectivity index (χ3v) is 8.27. The second-order valence-electron chi connectivity index (χ2n) is 10.4. The van der Waals surface area contributed by atoms with Crippen molar-refractivity contribution in [1.82, 2.24) is 24.1 Å². The van der Waals surface area contributed by atoms with Gasteiger partial charge in [-0.05, 0) is 50.6 Å². The Labute approximate surface area is 237 Å². The number of aromatic nitrogens is 3. The maximum Gasteiger partial charge on any atom is 0.406 e. The van der Waals surface area contributed by atoms with E-state index in [1.807, 2.05) is 13.8 Å². The molecule has 2 aromatic heterocycles. The number of rotatable bonds is 4. The highest BCUT2D eigenvalue weighted by molar-refractivity contribution is 6.42. The van der Waals surface area contributed by atoms with Gasteiger partial charge in [0.05, 0.1) is 34.4 Å². The van der Waals surface area contributed by atoms with Crippen LogP contribution in [0.4, 0.5) is 13.2 Å². The number of hydrogen-bond donors (Lipinski definition) is 0. The van der Waals surface area contributed by atoms with Crippen molar-refractivity contribution in [3.63, 3.8) is 0 Å². The van der Waals surface area contributed by atoms with E-state index in [-0.39, 0.29) is 35.5 Å². The summed E-state index contributed by atoms with van der Waals surface area (Å²) in [5, 5.41) is 5.33. The normalized spacial score (nSPS) is 19.9. The summed E-state index contributed by atoms with van der Waals surface area (Å²) in [5.74, 6) is -0.576. The van der Waals surface area contributed by atoms with E-state index in [0.717, 1.165) is 18.0 Å². The summed E-state index contributed by atoms with van der Waals surface area (Å²) in [6.07, 6.45) is -2.98. The number of hydrogen-bond acceptors (Lipinski definition) is 4. The van der Waals surface area contributed by atoms with Gasteiger partial charge in [0.2, 0.25) is 0 Å². The highest BCUT2D eigenvalue weighted by Crippen LogP contribution is 2.35. The van der Waals surface area contributed by atoms with Crippen molar-refractivity contribution < 1.29 is 22.8 Å². The van der Waals surface area contributed by atoms with Gasteiger partial charge in [-0.3, -0.25) is 19.1 Å². The molecular formula is C27H26Cl2F3N5O3. The quantitative estimate of drug-likeness (QED) is 0.411. The average Bonchev–Trinajstić information content (AvgIpc) is 3.26. The smallest absolute Gasteiger partial charge is 0.331 e. The molecule has 13 heteroatoms. The Morgan fingerprint density at radius 2 is 1.82 bits per heavy atom. The van der Waals surface area contributed by atoms with Crippen LogP contribution in [0.5, 0.6) is 0 Å². The van der Waals surface area contributed by atoms with Gasteiger partial charge in [-0.15, -0.1) is 0 Å². The Bertz CT molecular complexity index is 1570. The molecular weight excluding hydrogens is 570 g/mol. The van der Waals surface area contributed by atoms with Crippen LogP contribution in [0, 0.1) is 0 Å². The second kappa shape index (κ2) is 10.3. The van der Waals surface area contributed by atoms with Crippen molar-refractivity contribution in [1.29, 1.82) is 0 Å². The highest BCUT2D eigenvalue weighted by Gasteiger charge is 2.40. The molecule has 8 nitrogen and oxygen atoms in total. The van der Waals surface area contributed by atoms with Crippen molar-refractivity contribution in [2.75, 3.05) is 6.54 Å². The molecule has 0 N–H and O–H groups in total. The van der Waals surface area contributed by atoms with Crippen molar-refractivity contribution in [3.8, 4) is 0 Å². The molecule has 0 aliphatic carbocycles. The molecule has 0 radical (unpaired) electrons. The van der Waals surface area contributed by atoms with Crippen LogP contribution in [0.25, 0.3) is 0 Å². The van der Waals surface area contributed by atoms with E-state index in [9.17, 15) is 27.6 Å². The average molecular weight is 596 g/mol. The van der Waals surface area contributed by atoms with E-state index in [2.05, 4.69) is 0 Å². The monoisotopic (exact) mass is 595 g/mol. The fourth-order valence-corrected chi connectivity index (χ4v) is 5.67. The Hall–Kier alpha value is -3.31. The largest absolute Gasteiger partial charge is 0.406 e. The molecule has 212 valence electrons. The summed E-state index contributed by atoms with van der Waals surface area (Å²) in [5.41, 5.74) is 1.76. The topological polar surface area (TPSA) is 80.4 Å². The lowest BCUT2D eigenvalue weighted by molar-refractivity contribution is -0.141. The van der Waals surface area contributed by atoms with Crippen molar-refractivity contribution >= 4 is 35.0 Å². The molecule has 3 aromatic rings. The first-order valence-electron chi connectivity index (χ1n) is 12.7. The van der Waals surface area contributed by atoms with Crippen LogP contribution in [0.1, 0.15) is 70.5 Å². The van der Waals surface area contributed by atoms with Crippen molar-refractivity contribution in [2.24, 2.45) is 0 Å².